The van der Waals surface area contributed by atoms with Gasteiger partial charge in [0.2, 0.25) is 0 Å². The highest BCUT2D eigenvalue weighted by molar-refractivity contribution is 5.31. The minimum absolute atomic E-state index is 0.169. The molecule has 2 rings (SSSR count). The van der Waals surface area contributed by atoms with Crippen molar-refractivity contribution in [2.24, 2.45) is 5.41 Å². The van der Waals surface area contributed by atoms with E-state index in [2.05, 4.69) is 39.0 Å². The summed E-state index contributed by atoms with van der Waals surface area (Å²) in [5, 5.41) is 10.1. The van der Waals surface area contributed by atoms with E-state index in [0.29, 0.717) is 0 Å². The molecule has 1 aromatic carbocycles. The van der Waals surface area contributed by atoms with Crippen molar-refractivity contribution in [3.05, 3.63) is 34.9 Å². The highest BCUT2D eigenvalue weighted by Crippen LogP contribution is 2.49. The molecule has 0 aliphatic heterocycles. The Balaban J connectivity index is 2.13. The predicted molar refractivity (Wildman–Crippen MR) is 63.0 cm³/mol. The van der Waals surface area contributed by atoms with Gasteiger partial charge < -0.3 is 5.11 Å². The van der Waals surface area contributed by atoms with Gasteiger partial charge in [-0.2, -0.15) is 0 Å². The Labute approximate surface area is 92.1 Å². The molecule has 1 aromatic rings. The van der Waals surface area contributed by atoms with E-state index in [1.54, 1.807) is 0 Å². The smallest absolute Gasteiger partial charge is 0.0634 e. The molecule has 0 bridgehead atoms. The topological polar surface area (TPSA) is 20.2 Å². The van der Waals surface area contributed by atoms with Crippen molar-refractivity contribution in [2.75, 3.05) is 0 Å². The van der Waals surface area contributed by atoms with Crippen molar-refractivity contribution in [2.45, 2.75) is 46.1 Å². The monoisotopic (exact) mass is 204 g/mol. The second-order valence-electron chi connectivity index (χ2n) is 5.30. The van der Waals surface area contributed by atoms with E-state index < -0.39 is 0 Å². The van der Waals surface area contributed by atoms with Gasteiger partial charge in [0.1, 0.15) is 0 Å². The minimum atomic E-state index is -0.169. The lowest BCUT2D eigenvalue weighted by Crippen LogP contribution is -2.21. The molecule has 1 aliphatic rings. The van der Waals surface area contributed by atoms with Crippen LogP contribution in [0.25, 0.3) is 0 Å². The highest BCUT2D eigenvalue weighted by atomic mass is 16.3. The molecule has 0 spiro atoms. The summed E-state index contributed by atoms with van der Waals surface area (Å²) in [6.45, 7) is 6.41. The molecule has 0 heterocycles. The van der Waals surface area contributed by atoms with E-state index in [9.17, 15) is 5.11 Å². The van der Waals surface area contributed by atoms with Crippen LogP contribution in [0.4, 0.5) is 0 Å². The molecule has 1 heteroatoms. The standard InChI is InChI=1S/C14H20O/c1-10-4-5-11(2)12(8-10)9-13(15)14(3)6-7-14/h4-5,8,13,15H,6-7,9H2,1-3H3. The molecule has 1 atom stereocenters. The van der Waals surface area contributed by atoms with E-state index in [1.165, 1.54) is 29.5 Å². The van der Waals surface area contributed by atoms with Crippen LogP contribution in [-0.4, -0.2) is 11.2 Å². The Bertz CT molecular complexity index is 364. The summed E-state index contributed by atoms with van der Waals surface area (Å²) >= 11 is 0. The van der Waals surface area contributed by atoms with Crippen LogP contribution in [0.5, 0.6) is 0 Å². The minimum Gasteiger partial charge on any atom is -0.392 e. The second-order valence-corrected chi connectivity index (χ2v) is 5.30. The van der Waals surface area contributed by atoms with Gasteiger partial charge in [0.05, 0.1) is 6.10 Å². The van der Waals surface area contributed by atoms with E-state index >= 15 is 0 Å². The molecule has 0 saturated heterocycles. The fourth-order valence-electron chi connectivity index (χ4n) is 2.01. The van der Waals surface area contributed by atoms with Gasteiger partial charge in [0, 0.05) is 0 Å². The Morgan fingerprint density at radius 1 is 1.33 bits per heavy atom. The molecule has 15 heavy (non-hydrogen) atoms. The average molecular weight is 204 g/mol. The number of rotatable bonds is 3. The van der Waals surface area contributed by atoms with Crippen LogP contribution in [0.3, 0.4) is 0 Å². The SMILES string of the molecule is Cc1ccc(C)c(CC(O)C2(C)CC2)c1. The molecule has 1 unspecified atom stereocenters. The van der Waals surface area contributed by atoms with Gasteiger partial charge in [-0.3, -0.25) is 0 Å². The number of hydrogen-bond donors (Lipinski definition) is 1. The van der Waals surface area contributed by atoms with Crippen LogP contribution in [0.1, 0.15) is 36.5 Å². The number of hydrogen-bond acceptors (Lipinski definition) is 1. The van der Waals surface area contributed by atoms with Gasteiger partial charge in [-0.05, 0) is 49.7 Å². The Hall–Kier alpha value is -0.820. The zero-order valence-electron chi connectivity index (χ0n) is 9.88. The van der Waals surface area contributed by atoms with Crippen molar-refractivity contribution >= 4 is 0 Å². The molecule has 82 valence electrons. The number of benzene rings is 1. The van der Waals surface area contributed by atoms with Crippen LogP contribution in [-0.2, 0) is 6.42 Å². The van der Waals surface area contributed by atoms with Crippen LogP contribution >= 0.6 is 0 Å². The van der Waals surface area contributed by atoms with Crippen LogP contribution in [0.15, 0.2) is 18.2 Å². The number of aliphatic hydroxyl groups excluding tert-OH is 1. The first-order chi connectivity index (χ1) is 7.01. The van der Waals surface area contributed by atoms with Crippen LogP contribution in [0, 0.1) is 19.3 Å². The second kappa shape index (κ2) is 3.64. The van der Waals surface area contributed by atoms with Gasteiger partial charge in [-0.25, -0.2) is 0 Å². The molecule has 1 saturated carbocycles. The zero-order valence-corrected chi connectivity index (χ0v) is 9.88. The lowest BCUT2D eigenvalue weighted by Gasteiger charge is -2.18. The summed E-state index contributed by atoms with van der Waals surface area (Å²) in [5.41, 5.74) is 4.08. The van der Waals surface area contributed by atoms with Crippen molar-refractivity contribution in [1.29, 1.82) is 0 Å². The third-order valence-electron chi connectivity index (χ3n) is 3.76. The zero-order chi connectivity index (χ0) is 11.1. The van der Waals surface area contributed by atoms with Gasteiger partial charge in [0.15, 0.2) is 0 Å². The van der Waals surface area contributed by atoms with Gasteiger partial charge >= 0.3 is 0 Å². The van der Waals surface area contributed by atoms with Gasteiger partial charge in [-0.1, -0.05) is 30.7 Å². The maximum atomic E-state index is 10.1. The van der Waals surface area contributed by atoms with E-state index in [0.717, 1.165) is 6.42 Å². The molecule has 1 aliphatic carbocycles. The fraction of sp³-hybridized carbons (Fsp3) is 0.571. The molecule has 1 nitrogen and oxygen atoms in total. The maximum Gasteiger partial charge on any atom is 0.0634 e. The van der Waals surface area contributed by atoms with Crippen LogP contribution in [0.2, 0.25) is 0 Å². The summed E-state index contributed by atoms with van der Waals surface area (Å²) in [6.07, 6.45) is 3.00. The normalized spacial score (nSPS) is 20.0. The average Bonchev–Trinajstić information content (AvgIpc) is 2.91. The summed E-state index contributed by atoms with van der Waals surface area (Å²) in [4.78, 5) is 0. The molecule has 1 fully saturated rings. The first-order valence-corrected chi connectivity index (χ1v) is 5.75. The quantitative estimate of drug-likeness (QED) is 0.802. The fourth-order valence-corrected chi connectivity index (χ4v) is 2.01. The van der Waals surface area contributed by atoms with Crippen molar-refractivity contribution < 1.29 is 5.11 Å². The molecule has 0 radical (unpaired) electrons. The summed E-state index contributed by atoms with van der Waals surface area (Å²) in [5.74, 6) is 0. The number of aryl methyl sites for hydroxylation is 2. The molecule has 0 amide bonds. The van der Waals surface area contributed by atoms with E-state index in [4.69, 9.17) is 0 Å². The van der Waals surface area contributed by atoms with E-state index in [1.807, 2.05) is 0 Å². The molecular formula is C14H20O. The lowest BCUT2D eigenvalue weighted by molar-refractivity contribution is 0.103. The first-order valence-electron chi connectivity index (χ1n) is 5.75. The highest BCUT2D eigenvalue weighted by Gasteiger charge is 2.43. The van der Waals surface area contributed by atoms with Crippen LogP contribution < -0.4 is 0 Å². The number of aliphatic hydroxyl groups is 1. The van der Waals surface area contributed by atoms with Crippen molar-refractivity contribution in [3.63, 3.8) is 0 Å². The van der Waals surface area contributed by atoms with Crippen molar-refractivity contribution in [1.82, 2.24) is 0 Å². The Morgan fingerprint density at radius 3 is 2.60 bits per heavy atom. The Morgan fingerprint density at radius 2 is 2.00 bits per heavy atom. The summed E-state index contributed by atoms with van der Waals surface area (Å²) < 4.78 is 0. The molecular weight excluding hydrogens is 184 g/mol. The first kappa shape index (κ1) is 10.7. The maximum absolute atomic E-state index is 10.1. The third kappa shape index (κ3) is 2.23. The molecule has 0 aromatic heterocycles. The lowest BCUT2D eigenvalue weighted by atomic mass is 9.92. The summed E-state index contributed by atoms with van der Waals surface area (Å²) in [6, 6.07) is 6.47. The Kier molecular flexibility index (Phi) is 2.59. The predicted octanol–water partition coefficient (Wildman–Crippen LogP) is 3.01. The van der Waals surface area contributed by atoms with Crippen molar-refractivity contribution in [3.8, 4) is 0 Å². The third-order valence-corrected chi connectivity index (χ3v) is 3.76. The largest absolute Gasteiger partial charge is 0.392 e. The van der Waals surface area contributed by atoms with Gasteiger partial charge in [0.25, 0.3) is 0 Å². The summed E-state index contributed by atoms with van der Waals surface area (Å²) in [7, 11) is 0. The molecule has 1 N–H and O–H groups in total. The van der Waals surface area contributed by atoms with Gasteiger partial charge in [-0.15, -0.1) is 0 Å². The van der Waals surface area contributed by atoms with E-state index in [-0.39, 0.29) is 11.5 Å².